The van der Waals surface area contributed by atoms with E-state index in [1.165, 1.54) is 12.8 Å². The molecule has 2 spiro atoms. The zero-order valence-corrected chi connectivity index (χ0v) is 21.8. The fourth-order valence-corrected chi connectivity index (χ4v) is 6.40. The Morgan fingerprint density at radius 1 is 0.833 bits per heavy atom. The van der Waals surface area contributed by atoms with Crippen LogP contribution in [0.4, 0.5) is 0 Å². The molecule has 36 heavy (non-hydrogen) atoms. The topological polar surface area (TPSA) is 64.6 Å². The van der Waals surface area contributed by atoms with Crippen molar-refractivity contribution < 1.29 is 33.2 Å². The first kappa shape index (κ1) is 25.1. The molecule has 3 heterocycles. The second-order valence-electron chi connectivity index (χ2n) is 11.7. The molecule has 7 heteroatoms. The van der Waals surface area contributed by atoms with Crippen molar-refractivity contribution in [2.45, 2.75) is 127 Å². The van der Waals surface area contributed by atoms with Crippen LogP contribution in [0.15, 0.2) is 24.3 Å². The van der Waals surface area contributed by atoms with Crippen LogP contribution in [-0.4, -0.2) is 55.5 Å². The summed E-state index contributed by atoms with van der Waals surface area (Å²) in [5, 5.41) is 0. The van der Waals surface area contributed by atoms with E-state index in [2.05, 4.69) is 26.0 Å². The minimum Gasteiger partial charge on any atom is -0.493 e. The minimum atomic E-state index is -0.521. The highest BCUT2D eigenvalue weighted by atomic mass is 16.9. The summed E-state index contributed by atoms with van der Waals surface area (Å²) in [7, 11) is 0. The lowest BCUT2D eigenvalue weighted by Crippen LogP contribution is -2.45. The summed E-state index contributed by atoms with van der Waals surface area (Å²) in [5.74, 6) is 0.409. The lowest BCUT2D eigenvalue weighted by molar-refractivity contribution is -0.263. The molecule has 2 saturated carbocycles. The average molecular weight is 503 g/mol. The standard InChI is InChI=1S/C29H42O7/c1-20(2)17-30-22-11-9-21(10-12-22)18-31-25-24(23-19-32-28(34-23)13-5-3-6-14-28)33-27-26(25)35-29(36-27)15-7-4-8-16-29/h9-12,20,23-27H,3-8,13-19H2,1-2H3/t23-,24-,25+,26+,27-/m0/s1. The Morgan fingerprint density at radius 3 is 2.22 bits per heavy atom. The van der Waals surface area contributed by atoms with Gasteiger partial charge in [0.05, 0.1) is 19.8 Å². The number of benzene rings is 1. The molecule has 0 aromatic heterocycles. The maximum absolute atomic E-state index is 6.63. The van der Waals surface area contributed by atoms with Crippen molar-refractivity contribution >= 4 is 0 Å². The fraction of sp³-hybridized carbons (Fsp3) is 0.793. The van der Waals surface area contributed by atoms with Crippen LogP contribution in [0.5, 0.6) is 5.75 Å². The minimum absolute atomic E-state index is 0.181. The van der Waals surface area contributed by atoms with Gasteiger partial charge in [0.1, 0.15) is 30.2 Å². The second-order valence-corrected chi connectivity index (χ2v) is 11.7. The molecule has 1 aromatic carbocycles. The quantitative estimate of drug-likeness (QED) is 0.489. The first-order valence-corrected chi connectivity index (χ1v) is 14.2. The SMILES string of the molecule is CC(C)COc1ccc(CO[C@@H]2[C@H]([C@@H]3COC4(CCCCC4)O3)O[C@H]3OC4(CCCCC4)O[C@@H]32)cc1. The molecule has 0 bridgehead atoms. The summed E-state index contributed by atoms with van der Waals surface area (Å²) in [5.41, 5.74) is 1.09. The van der Waals surface area contributed by atoms with Gasteiger partial charge in [0.15, 0.2) is 17.9 Å². The van der Waals surface area contributed by atoms with Gasteiger partial charge in [0, 0.05) is 25.7 Å². The van der Waals surface area contributed by atoms with E-state index in [0.29, 0.717) is 25.7 Å². The molecule has 5 aliphatic rings. The maximum Gasteiger partial charge on any atom is 0.190 e. The van der Waals surface area contributed by atoms with Gasteiger partial charge in [-0.3, -0.25) is 0 Å². The van der Waals surface area contributed by atoms with Crippen LogP contribution in [0.3, 0.4) is 0 Å². The van der Waals surface area contributed by atoms with Gasteiger partial charge in [0.25, 0.3) is 0 Å². The summed E-state index contributed by atoms with van der Waals surface area (Å²) in [4.78, 5) is 0. The van der Waals surface area contributed by atoms with Gasteiger partial charge in [-0.2, -0.15) is 0 Å². The molecule has 7 nitrogen and oxygen atoms in total. The molecule has 0 N–H and O–H groups in total. The van der Waals surface area contributed by atoms with E-state index in [1.54, 1.807) is 0 Å². The summed E-state index contributed by atoms with van der Waals surface area (Å²) in [6.07, 6.45) is 9.37. The van der Waals surface area contributed by atoms with Gasteiger partial charge in [0.2, 0.25) is 0 Å². The Balaban J connectivity index is 1.14. The van der Waals surface area contributed by atoms with Crippen LogP contribution >= 0.6 is 0 Å². The van der Waals surface area contributed by atoms with Crippen molar-refractivity contribution in [2.24, 2.45) is 5.92 Å². The van der Waals surface area contributed by atoms with E-state index in [9.17, 15) is 0 Å². The predicted molar refractivity (Wildman–Crippen MR) is 132 cm³/mol. The molecule has 5 fully saturated rings. The number of hydrogen-bond acceptors (Lipinski definition) is 7. The number of ether oxygens (including phenoxy) is 7. The van der Waals surface area contributed by atoms with Crippen LogP contribution in [0.25, 0.3) is 0 Å². The monoisotopic (exact) mass is 502 g/mol. The van der Waals surface area contributed by atoms with Gasteiger partial charge >= 0.3 is 0 Å². The van der Waals surface area contributed by atoms with E-state index >= 15 is 0 Å². The van der Waals surface area contributed by atoms with E-state index in [-0.39, 0.29) is 24.4 Å². The summed E-state index contributed by atoms with van der Waals surface area (Å²) in [6, 6.07) is 8.16. The highest BCUT2D eigenvalue weighted by molar-refractivity contribution is 5.27. The van der Waals surface area contributed by atoms with Crippen molar-refractivity contribution in [2.75, 3.05) is 13.2 Å². The van der Waals surface area contributed by atoms with Crippen molar-refractivity contribution in [1.82, 2.24) is 0 Å². The molecule has 3 saturated heterocycles. The van der Waals surface area contributed by atoms with Crippen LogP contribution in [0.1, 0.15) is 83.6 Å². The molecule has 3 aliphatic heterocycles. The average Bonchev–Trinajstić information content (AvgIpc) is 3.54. The van der Waals surface area contributed by atoms with Crippen LogP contribution in [-0.2, 0) is 35.0 Å². The van der Waals surface area contributed by atoms with Gasteiger partial charge in [-0.05, 0) is 49.3 Å². The Kier molecular flexibility index (Phi) is 7.32. The lowest BCUT2D eigenvalue weighted by atomic mass is 9.94. The van der Waals surface area contributed by atoms with Gasteiger partial charge in [-0.25, -0.2) is 0 Å². The van der Waals surface area contributed by atoms with Crippen LogP contribution in [0, 0.1) is 5.92 Å². The highest BCUT2D eigenvalue weighted by Crippen LogP contribution is 2.48. The zero-order valence-electron chi connectivity index (χ0n) is 21.8. The molecule has 2 aliphatic carbocycles. The van der Waals surface area contributed by atoms with Gasteiger partial charge in [-0.1, -0.05) is 38.8 Å². The number of fused-ring (bicyclic) bond motifs is 1. The number of rotatable bonds is 7. The van der Waals surface area contributed by atoms with E-state index in [4.69, 9.17) is 33.2 Å². The molecule has 6 rings (SSSR count). The third-order valence-corrected chi connectivity index (χ3v) is 8.31. The highest BCUT2D eigenvalue weighted by Gasteiger charge is 2.61. The summed E-state index contributed by atoms with van der Waals surface area (Å²) < 4.78 is 44.8. The molecule has 0 radical (unpaired) electrons. The first-order chi connectivity index (χ1) is 17.5. The molecule has 0 unspecified atom stereocenters. The van der Waals surface area contributed by atoms with Crippen LogP contribution < -0.4 is 4.74 Å². The molecular weight excluding hydrogens is 460 g/mol. The Hall–Kier alpha value is -1.22. The normalized spacial score (nSPS) is 35.0. The third-order valence-electron chi connectivity index (χ3n) is 8.31. The molecule has 0 amide bonds. The van der Waals surface area contributed by atoms with Crippen molar-refractivity contribution in [1.29, 1.82) is 0 Å². The van der Waals surface area contributed by atoms with E-state index in [0.717, 1.165) is 62.7 Å². The smallest absolute Gasteiger partial charge is 0.190 e. The van der Waals surface area contributed by atoms with Crippen molar-refractivity contribution in [3.63, 3.8) is 0 Å². The molecule has 200 valence electrons. The maximum atomic E-state index is 6.63. The Labute approximate surface area is 215 Å². The molecule has 1 aromatic rings. The predicted octanol–water partition coefficient (Wildman–Crippen LogP) is 5.48. The fourth-order valence-electron chi connectivity index (χ4n) is 6.40. The second kappa shape index (κ2) is 10.5. The molecular formula is C29H42O7. The largest absolute Gasteiger partial charge is 0.493 e. The van der Waals surface area contributed by atoms with Gasteiger partial charge < -0.3 is 33.2 Å². The summed E-state index contributed by atoms with van der Waals surface area (Å²) >= 11 is 0. The number of hydrogen-bond donors (Lipinski definition) is 0. The van der Waals surface area contributed by atoms with E-state index < -0.39 is 17.9 Å². The van der Waals surface area contributed by atoms with Crippen molar-refractivity contribution in [3.8, 4) is 5.75 Å². The Morgan fingerprint density at radius 2 is 1.53 bits per heavy atom. The Bertz CT molecular complexity index is 859. The third kappa shape index (κ3) is 5.20. The lowest BCUT2D eigenvalue weighted by Gasteiger charge is -2.35. The molecule has 5 atom stereocenters. The van der Waals surface area contributed by atoms with Crippen LogP contribution in [0.2, 0.25) is 0 Å². The van der Waals surface area contributed by atoms with E-state index in [1.807, 2.05) is 12.1 Å². The zero-order chi connectivity index (χ0) is 24.6. The first-order valence-electron chi connectivity index (χ1n) is 14.2. The van der Waals surface area contributed by atoms with Crippen molar-refractivity contribution in [3.05, 3.63) is 29.8 Å². The summed E-state index contributed by atoms with van der Waals surface area (Å²) in [6.45, 7) is 6.00. The van der Waals surface area contributed by atoms with Gasteiger partial charge in [-0.15, -0.1) is 0 Å².